The molecule has 2 rings (SSSR count). The van der Waals surface area contributed by atoms with Crippen molar-refractivity contribution in [3.8, 4) is 0 Å². The Kier molecular flexibility index (Phi) is 6.51. The Balaban J connectivity index is 2.19. The topological polar surface area (TPSA) is 113 Å². The summed E-state index contributed by atoms with van der Waals surface area (Å²) in [6, 6.07) is 5.63. The fraction of sp³-hybridized carbons (Fsp3) is 0.500. The third-order valence-electron chi connectivity index (χ3n) is 3.89. The van der Waals surface area contributed by atoms with Crippen LogP contribution < -0.4 is 5.32 Å². The quantitative estimate of drug-likeness (QED) is 0.730. The molecule has 0 aromatic heterocycles. The number of sulfonamides is 1. The molecule has 1 fully saturated rings. The van der Waals surface area contributed by atoms with Crippen LogP contribution in [0.1, 0.15) is 30.1 Å². The minimum absolute atomic E-state index is 0.0520. The van der Waals surface area contributed by atoms with E-state index >= 15 is 0 Å². The lowest BCUT2D eigenvalue weighted by molar-refractivity contribution is -0.137. The van der Waals surface area contributed by atoms with Crippen molar-refractivity contribution in [2.45, 2.75) is 30.7 Å². The van der Waals surface area contributed by atoms with E-state index in [0.29, 0.717) is 13.2 Å². The van der Waals surface area contributed by atoms with E-state index in [-0.39, 0.29) is 42.4 Å². The van der Waals surface area contributed by atoms with Gasteiger partial charge in [0.15, 0.2) is 0 Å². The Morgan fingerprint density at radius 2 is 1.92 bits per heavy atom. The smallest absolute Gasteiger partial charge is 0.303 e. The lowest BCUT2D eigenvalue weighted by Crippen LogP contribution is -2.41. The molecule has 0 spiro atoms. The summed E-state index contributed by atoms with van der Waals surface area (Å²) in [5, 5.41) is 11.4. The molecule has 0 aliphatic carbocycles. The molecule has 9 heteroatoms. The number of carbonyl (C=O) groups is 2. The number of carboxylic acid groups (broad SMARTS) is 1. The van der Waals surface area contributed by atoms with Gasteiger partial charge in [0.1, 0.15) is 0 Å². The number of morpholine rings is 1. The van der Waals surface area contributed by atoms with Gasteiger partial charge in [0.2, 0.25) is 10.0 Å². The van der Waals surface area contributed by atoms with Crippen molar-refractivity contribution in [3.05, 3.63) is 29.8 Å². The Morgan fingerprint density at radius 1 is 1.28 bits per heavy atom. The molecular weight excluding hydrogens is 348 g/mol. The van der Waals surface area contributed by atoms with Crippen molar-refractivity contribution in [1.82, 2.24) is 9.62 Å². The highest BCUT2D eigenvalue weighted by Crippen LogP contribution is 2.21. The predicted octanol–water partition coefficient (Wildman–Crippen LogP) is 0.691. The molecule has 25 heavy (non-hydrogen) atoms. The van der Waals surface area contributed by atoms with Gasteiger partial charge in [-0.1, -0.05) is 12.1 Å². The van der Waals surface area contributed by atoms with E-state index in [4.69, 9.17) is 9.84 Å². The molecular formula is C16H22N2O6S. The summed E-state index contributed by atoms with van der Waals surface area (Å²) >= 11 is 0. The zero-order chi connectivity index (χ0) is 18.4. The molecule has 1 saturated heterocycles. The number of nitrogens with zero attached hydrogens (tertiary/aromatic N) is 1. The maximum absolute atomic E-state index is 12.8. The minimum Gasteiger partial charge on any atom is -0.481 e. The highest BCUT2D eigenvalue weighted by Gasteiger charge is 2.30. The number of nitrogens with one attached hydrogen (secondary N) is 1. The summed E-state index contributed by atoms with van der Waals surface area (Å²) in [4.78, 5) is 23.0. The predicted molar refractivity (Wildman–Crippen MR) is 89.8 cm³/mol. The molecule has 138 valence electrons. The number of hydrogen-bond donors (Lipinski definition) is 2. The summed E-state index contributed by atoms with van der Waals surface area (Å²) < 4.78 is 32.1. The summed E-state index contributed by atoms with van der Waals surface area (Å²) in [7, 11) is -3.80. The van der Waals surface area contributed by atoms with E-state index < -0.39 is 21.9 Å². The van der Waals surface area contributed by atoms with Crippen LogP contribution in [0, 0.1) is 0 Å². The number of carbonyl (C=O) groups excluding carboxylic acids is 1. The number of benzene rings is 1. The van der Waals surface area contributed by atoms with Gasteiger partial charge in [-0.2, -0.15) is 4.31 Å². The third kappa shape index (κ3) is 5.00. The van der Waals surface area contributed by atoms with Crippen molar-refractivity contribution >= 4 is 21.9 Å². The van der Waals surface area contributed by atoms with Crippen LogP contribution in [0.4, 0.5) is 0 Å². The average molecular weight is 370 g/mol. The fourth-order valence-electron chi connectivity index (χ4n) is 2.52. The van der Waals surface area contributed by atoms with Gasteiger partial charge in [-0.25, -0.2) is 8.42 Å². The number of amides is 1. The molecule has 0 saturated carbocycles. The van der Waals surface area contributed by atoms with Crippen molar-refractivity contribution in [2.24, 2.45) is 0 Å². The largest absolute Gasteiger partial charge is 0.481 e. The summed E-state index contributed by atoms with van der Waals surface area (Å²) in [6.07, 6.45) is 0.189. The summed E-state index contributed by atoms with van der Waals surface area (Å²) in [5.74, 6) is -1.48. The second-order valence-electron chi connectivity index (χ2n) is 5.82. The normalized spacial score (nSPS) is 17.0. The molecule has 1 amide bonds. The standard InChI is InChI=1S/C16H22N2O6S/c1-12(6-7-15(19)20)17-16(21)13-4-2-3-5-14(13)25(22,23)18-8-10-24-11-9-18/h2-5,12H,6-11H2,1H3,(H,17,21)(H,19,20). The molecule has 1 unspecified atom stereocenters. The first-order chi connectivity index (χ1) is 11.8. The number of aliphatic carboxylic acids is 1. The molecule has 1 aliphatic heterocycles. The third-order valence-corrected chi connectivity index (χ3v) is 5.85. The van der Waals surface area contributed by atoms with E-state index in [0.717, 1.165) is 0 Å². The van der Waals surface area contributed by atoms with Crippen LogP contribution in [0.25, 0.3) is 0 Å². The van der Waals surface area contributed by atoms with Crippen molar-refractivity contribution in [2.75, 3.05) is 26.3 Å². The maximum Gasteiger partial charge on any atom is 0.303 e. The number of ether oxygens (including phenoxy) is 1. The monoisotopic (exact) mass is 370 g/mol. The van der Waals surface area contributed by atoms with E-state index in [9.17, 15) is 18.0 Å². The lowest BCUT2D eigenvalue weighted by Gasteiger charge is -2.27. The van der Waals surface area contributed by atoms with E-state index in [2.05, 4.69) is 5.32 Å². The van der Waals surface area contributed by atoms with E-state index in [1.807, 2.05) is 0 Å². The van der Waals surface area contributed by atoms with Crippen LogP contribution in [-0.2, 0) is 19.6 Å². The maximum atomic E-state index is 12.8. The van der Waals surface area contributed by atoms with Gasteiger partial charge in [0.05, 0.1) is 23.7 Å². The molecule has 1 atom stereocenters. The molecule has 1 aromatic carbocycles. The molecule has 0 radical (unpaired) electrons. The molecule has 2 N–H and O–H groups in total. The Bertz CT molecular complexity index is 728. The van der Waals surface area contributed by atoms with Gasteiger partial charge in [-0.15, -0.1) is 0 Å². The van der Waals surface area contributed by atoms with Gasteiger partial charge in [-0.3, -0.25) is 9.59 Å². The zero-order valence-electron chi connectivity index (χ0n) is 14.0. The minimum atomic E-state index is -3.80. The van der Waals surface area contributed by atoms with E-state index in [1.54, 1.807) is 19.1 Å². The highest BCUT2D eigenvalue weighted by atomic mass is 32.2. The van der Waals surface area contributed by atoms with Crippen LogP contribution in [-0.4, -0.2) is 62.1 Å². The van der Waals surface area contributed by atoms with Gasteiger partial charge < -0.3 is 15.2 Å². The zero-order valence-corrected chi connectivity index (χ0v) is 14.8. The first-order valence-corrected chi connectivity index (χ1v) is 9.46. The van der Waals surface area contributed by atoms with Gasteiger partial charge >= 0.3 is 5.97 Å². The number of rotatable bonds is 7. The van der Waals surface area contributed by atoms with Crippen LogP contribution >= 0.6 is 0 Å². The van der Waals surface area contributed by atoms with Gasteiger partial charge in [-0.05, 0) is 25.5 Å². The lowest BCUT2D eigenvalue weighted by atomic mass is 10.1. The Morgan fingerprint density at radius 3 is 2.56 bits per heavy atom. The molecule has 1 aliphatic rings. The number of carboxylic acids is 1. The van der Waals surface area contributed by atoms with Gasteiger partial charge in [0.25, 0.3) is 5.91 Å². The van der Waals surface area contributed by atoms with Crippen LogP contribution in [0.5, 0.6) is 0 Å². The fourth-order valence-corrected chi connectivity index (χ4v) is 4.12. The Hall–Kier alpha value is -1.97. The summed E-state index contributed by atoms with van der Waals surface area (Å²) in [5.41, 5.74) is 0.0520. The molecule has 1 aromatic rings. The highest BCUT2D eigenvalue weighted by molar-refractivity contribution is 7.89. The second-order valence-corrected chi connectivity index (χ2v) is 7.73. The molecule has 8 nitrogen and oxygen atoms in total. The van der Waals surface area contributed by atoms with Crippen molar-refractivity contribution in [3.63, 3.8) is 0 Å². The molecule has 1 heterocycles. The SMILES string of the molecule is CC(CCC(=O)O)NC(=O)c1ccccc1S(=O)(=O)N1CCOCC1. The second kappa shape index (κ2) is 8.41. The van der Waals surface area contributed by atoms with Crippen LogP contribution in [0.2, 0.25) is 0 Å². The Labute approximate surface area is 146 Å². The van der Waals surface area contributed by atoms with Crippen LogP contribution in [0.3, 0.4) is 0 Å². The van der Waals surface area contributed by atoms with Crippen molar-refractivity contribution < 1.29 is 27.9 Å². The first kappa shape index (κ1) is 19.4. The van der Waals surface area contributed by atoms with Crippen LogP contribution in [0.15, 0.2) is 29.2 Å². The first-order valence-electron chi connectivity index (χ1n) is 8.02. The number of hydrogen-bond acceptors (Lipinski definition) is 5. The van der Waals surface area contributed by atoms with E-state index in [1.165, 1.54) is 16.4 Å². The summed E-state index contributed by atoms with van der Waals surface area (Å²) in [6.45, 7) is 2.81. The van der Waals surface area contributed by atoms with Gasteiger partial charge in [0, 0.05) is 25.6 Å². The van der Waals surface area contributed by atoms with Crippen molar-refractivity contribution in [1.29, 1.82) is 0 Å². The molecule has 0 bridgehead atoms. The average Bonchev–Trinajstić information content (AvgIpc) is 2.60.